The molecule has 0 saturated heterocycles. The lowest BCUT2D eigenvalue weighted by Gasteiger charge is -2.03. The maximum absolute atomic E-state index is 11.2. The number of ether oxygens (including phenoxy) is 1. The van der Waals surface area contributed by atoms with Gasteiger partial charge in [0.05, 0.1) is 16.4 Å². The van der Waals surface area contributed by atoms with Gasteiger partial charge < -0.3 is 4.74 Å². The molecule has 0 aliphatic heterocycles. The molecule has 0 atom stereocenters. The molecular formula is C7H6ClIN2O2. The summed E-state index contributed by atoms with van der Waals surface area (Å²) in [6.07, 6.45) is 0. The minimum Gasteiger partial charge on any atom is -0.464 e. The molecule has 0 radical (unpaired) electrons. The van der Waals surface area contributed by atoms with Crippen molar-refractivity contribution < 1.29 is 9.53 Å². The highest BCUT2D eigenvalue weighted by Gasteiger charge is 2.15. The van der Waals surface area contributed by atoms with Gasteiger partial charge in [-0.05, 0) is 41.1 Å². The molecule has 0 N–H and O–H groups in total. The van der Waals surface area contributed by atoms with Gasteiger partial charge in [-0.3, -0.25) is 0 Å². The molecule has 1 heterocycles. The predicted octanol–water partition coefficient (Wildman–Crippen LogP) is 1.83. The standard InChI is InChI=1S/C7H6ClIN2O2/c1-3-4(9)5(6(12)13-2)11-7(8)10-3/h1-2H3. The minimum absolute atomic E-state index is 0.0540. The maximum Gasteiger partial charge on any atom is 0.357 e. The molecule has 0 aliphatic carbocycles. The number of rotatable bonds is 1. The predicted molar refractivity (Wildman–Crippen MR) is 55.8 cm³/mol. The van der Waals surface area contributed by atoms with Gasteiger partial charge in [-0.25, -0.2) is 14.8 Å². The van der Waals surface area contributed by atoms with Crippen LogP contribution in [0.2, 0.25) is 5.28 Å². The lowest BCUT2D eigenvalue weighted by Crippen LogP contribution is -2.09. The Bertz CT molecular complexity index is 357. The zero-order valence-corrected chi connectivity index (χ0v) is 9.88. The van der Waals surface area contributed by atoms with E-state index in [1.807, 2.05) is 22.6 Å². The van der Waals surface area contributed by atoms with Gasteiger partial charge in [0.25, 0.3) is 0 Å². The Hall–Kier alpha value is -0.430. The molecule has 0 aliphatic rings. The van der Waals surface area contributed by atoms with Crippen LogP contribution in [0.25, 0.3) is 0 Å². The summed E-state index contributed by atoms with van der Waals surface area (Å²) in [4.78, 5) is 18.8. The maximum atomic E-state index is 11.2. The summed E-state index contributed by atoms with van der Waals surface area (Å²) < 4.78 is 5.20. The molecular weight excluding hydrogens is 306 g/mol. The number of methoxy groups -OCH3 is 1. The highest BCUT2D eigenvalue weighted by molar-refractivity contribution is 14.1. The quantitative estimate of drug-likeness (QED) is 0.451. The van der Waals surface area contributed by atoms with Gasteiger partial charge in [-0.15, -0.1) is 0 Å². The summed E-state index contributed by atoms with van der Waals surface area (Å²) >= 11 is 7.57. The van der Waals surface area contributed by atoms with Crippen molar-refractivity contribution in [2.45, 2.75) is 6.92 Å². The van der Waals surface area contributed by atoms with Crippen LogP contribution in [0.5, 0.6) is 0 Å². The van der Waals surface area contributed by atoms with Crippen LogP contribution in [0.15, 0.2) is 0 Å². The van der Waals surface area contributed by atoms with Gasteiger partial charge in [-0.2, -0.15) is 0 Å². The third-order valence-corrected chi connectivity index (χ3v) is 2.83. The van der Waals surface area contributed by atoms with Crippen molar-refractivity contribution in [3.05, 3.63) is 20.2 Å². The third-order valence-electron chi connectivity index (χ3n) is 1.37. The average molecular weight is 312 g/mol. The van der Waals surface area contributed by atoms with E-state index in [1.165, 1.54) is 7.11 Å². The van der Waals surface area contributed by atoms with E-state index >= 15 is 0 Å². The first-order chi connectivity index (χ1) is 6.06. The van der Waals surface area contributed by atoms with E-state index in [9.17, 15) is 4.79 Å². The third kappa shape index (κ3) is 2.28. The van der Waals surface area contributed by atoms with E-state index in [0.29, 0.717) is 9.26 Å². The van der Waals surface area contributed by atoms with Crippen LogP contribution < -0.4 is 0 Å². The van der Waals surface area contributed by atoms with Crippen molar-refractivity contribution in [3.63, 3.8) is 0 Å². The molecule has 0 amide bonds. The lowest BCUT2D eigenvalue weighted by atomic mass is 10.3. The molecule has 1 rings (SSSR count). The van der Waals surface area contributed by atoms with E-state index in [2.05, 4.69) is 14.7 Å². The summed E-state index contributed by atoms with van der Waals surface area (Å²) in [5, 5.41) is 0.0540. The van der Waals surface area contributed by atoms with E-state index in [1.54, 1.807) is 6.92 Å². The Kier molecular flexibility index (Phi) is 3.43. The second kappa shape index (κ2) is 4.19. The topological polar surface area (TPSA) is 52.1 Å². The Morgan fingerprint density at radius 3 is 2.69 bits per heavy atom. The molecule has 13 heavy (non-hydrogen) atoms. The van der Waals surface area contributed by atoms with E-state index in [4.69, 9.17) is 11.6 Å². The van der Waals surface area contributed by atoms with Crippen LogP contribution in [0.3, 0.4) is 0 Å². The molecule has 70 valence electrons. The molecule has 0 spiro atoms. The van der Waals surface area contributed by atoms with Gasteiger partial charge in [0.2, 0.25) is 5.28 Å². The molecule has 0 aromatic carbocycles. The zero-order valence-electron chi connectivity index (χ0n) is 6.97. The first kappa shape index (κ1) is 10.6. The lowest BCUT2D eigenvalue weighted by molar-refractivity contribution is 0.0592. The fourth-order valence-corrected chi connectivity index (χ4v) is 1.43. The van der Waals surface area contributed by atoms with Crippen LogP contribution in [0.1, 0.15) is 16.2 Å². The van der Waals surface area contributed by atoms with Crippen LogP contribution in [-0.2, 0) is 4.74 Å². The van der Waals surface area contributed by atoms with Crippen molar-refractivity contribution in [3.8, 4) is 0 Å². The Balaban J connectivity index is 3.28. The number of halogens is 2. The van der Waals surface area contributed by atoms with Crippen molar-refractivity contribution in [2.75, 3.05) is 7.11 Å². The zero-order chi connectivity index (χ0) is 10.0. The molecule has 0 bridgehead atoms. The number of aromatic nitrogens is 2. The first-order valence-corrected chi connectivity index (χ1v) is 4.80. The fraction of sp³-hybridized carbons (Fsp3) is 0.286. The van der Waals surface area contributed by atoms with Gasteiger partial charge in [0.1, 0.15) is 0 Å². The minimum atomic E-state index is -0.503. The first-order valence-electron chi connectivity index (χ1n) is 3.34. The van der Waals surface area contributed by atoms with Crippen LogP contribution in [-0.4, -0.2) is 23.0 Å². The van der Waals surface area contributed by atoms with E-state index in [0.717, 1.165) is 0 Å². The summed E-state index contributed by atoms with van der Waals surface area (Å²) in [5.74, 6) is -0.503. The van der Waals surface area contributed by atoms with Gasteiger partial charge in [0, 0.05) is 0 Å². The van der Waals surface area contributed by atoms with Crippen molar-refractivity contribution >= 4 is 40.2 Å². The molecule has 0 unspecified atom stereocenters. The normalized spacial score (nSPS) is 9.85. The Morgan fingerprint density at radius 2 is 2.15 bits per heavy atom. The SMILES string of the molecule is COC(=O)c1nc(Cl)nc(C)c1I. The number of hydrogen-bond donors (Lipinski definition) is 0. The van der Waals surface area contributed by atoms with Gasteiger partial charge in [0.15, 0.2) is 5.69 Å². The molecule has 1 aromatic heterocycles. The van der Waals surface area contributed by atoms with Crippen molar-refractivity contribution in [1.82, 2.24) is 9.97 Å². The number of carbonyl (C=O) groups is 1. The van der Waals surface area contributed by atoms with Gasteiger partial charge in [-0.1, -0.05) is 0 Å². The van der Waals surface area contributed by atoms with Crippen LogP contribution >= 0.6 is 34.2 Å². The van der Waals surface area contributed by atoms with Gasteiger partial charge >= 0.3 is 5.97 Å². The summed E-state index contributed by atoms with van der Waals surface area (Å²) in [6.45, 7) is 1.75. The molecule has 0 fully saturated rings. The number of esters is 1. The summed E-state index contributed by atoms with van der Waals surface area (Å²) in [5.41, 5.74) is 0.876. The Morgan fingerprint density at radius 1 is 1.54 bits per heavy atom. The van der Waals surface area contributed by atoms with Crippen LogP contribution in [0.4, 0.5) is 0 Å². The fourth-order valence-electron chi connectivity index (χ4n) is 0.757. The van der Waals surface area contributed by atoms with E-state index in [-0.39, 0.29) is 11.0 Å². The summed E-state index contributed by atoms with van der Waals surface area (Å²) in [6, 6.07) is 0. The average Bonchev–Trinajstić information content (AvgIpc) is 2.10. The smallest absolute Gasteiger partial charge is 0.357 e. The molecule has 0 saturated carbocycles. The largest absolute Gasteiger partial charge is 0.464 e. The highest BCUT2D eigenvalue weighted by Crippen LogP contribution is 2.16. The molecule has 4 nitrogen and oxygen atoms in total. The monoisotopic (exact) mass is 312 g/mol. The molecule has 1 aromatic rings. The molecule has 6 heteroatoms. The Labute approximate surface area is 93.8 Å². The van der Waals surface area contributed by atoms with Crippen molar-refractivity contribution in [2.24, 2.45) is 0 Å². The summed E-state index contributed by atoms with van der Waals surface area (Å²) in [7, 11) is 1.30. The highest BCUT2D eigenvalue weighted by atomic mass is 127. The number of carbonyl (C=O) groups excluding carboxylic acids is 1. The number of aryl methyl sites for hydroxylation is 1. The van der Waals surface area contributed by atoms with E-state index < -0.39 is 5.97 Å². The second-order valence-corrected chi connectivity index (χ2v) is 3.65. The second-order valence-electron chi connectivity index (χ2n) is 2.23. The van der Waals surface area contributed by atoms with Crippen molar-refractivity contribution in [1.29, 1.82) is 0 Å². The number of nitrogens with zero attached hydrogens (tertiary/aromatic N) is 2. The van der Waals surface area contributed by atoms with Crippen LogP contribution in [0, 0.1) is 10.5 Å². The number of hydrogen-bond acceptors (Lipinski definition) is 4.